The van der Waals surface area contributed by atoms with Crippen molar-refractivity contribution >= 4 is 5.82 Å². The van der Waals surface area contributed by atoms with Gasteiger partial charge in [-0.2, -0.15) is 4.98 Å². The van der Waals surface area contributed by atoms with Crippen LogP contribution in [-0.2, 0) is 4.74 Å². The van der Waals surface area contributed by atoms with Gasteiger partial charge in [0.15, 0.2) is 6.23 Å². The molecular weight excluding hydrogens is 228 g/mol. The average Bonchev–Trinajstić information content (AvgIpc) is 2.57. The smallest absolute Gasteiger partial charge is 0.351 e. The minimum Gasteiger partial charge on any atom is -0.394 e. The zero-order chi connectivity index (χ0) is 12.6. The minimum atomic E-state index is -1.03. The highest BCUT2D eigenvalue weighted by molar-refractivity contribution is 5.23. The summed E-state index contributed by atoms with van der Waals surface area (Å²) in [6.07, 6.45) is -1.31. The zero-order valence-electron chi connectivity index (χ0n) is 8.93. The molecule has 0 bridgehead atoms. The maximum absolute atomic E-state index is 11.6. The topological polar surface area (TPSA) is 137 Å². The van der Waals surface area contributed by atoms with Crippen LogP contribution in [0.1, 0.15) is 6.23 Å². The largest absolute Gasteiger partial charge is 0.394 e. The summed E-state index contributed by atoms with van der Waals surface area (Å²) >= 11 is 0. The Labute approximate surface area is 96.4 Å². The highest BCUT2D eigenvalue weighted by atomic mass is 16.5. The Hall–Kier alpha value is -1.48. The summed E-state index contributed by atoms with van der Waals surface area (Å²) in [4.78, 5) is 15.1. The molecule has 8 heteroatoms. The van der Waals surface area contributed by atoms with E-state index in [4.69, 9.17) is 21.3 Å². The molecule has 1 aliphatic rings. The van der Waals surface area contributed by atoms with Gasteiger partial charge in [-0.15, -0.1) is 0 Å². The molecule has 8 nitrogen and oxygen atoms in total. The molecule has 0 aliphatic carbocycles. The van der Waals surface area contributed by atoms with Gasteiger partial charge >= 0.3 is 5.69 Å². The van der Waals surface area contributed by atoms with Crippen molar-refractivity contribution in [3.63, 3.8) is 0 Å². The van der Waals surface area contributed by atoms with Crippen molar-refractivity contribution in [2.45, 2.75) is 24.5 Å². The first kappa shape index (κ1) is 12.0. The average molecular weight is 242 g/mol. The molecule has 4 atom stereocenters. The molecule has 1 aliphatic heterocycles. The fourth-order valence-corrected chi connectivity index (χ4v) is 1.79. The molecule has 0 spiro atoms. The van der Waals surface area contributed by atoms with Crippen molar-refractivity contribution in [2.24, 2.45) is 5.73 Å². The molecule has 6 N–H and O–H groups in total. The van der Waals surface area contributed by atoms with Crippen LogP contribution in [0.5, 0.6) is 0 Å². The van der Waals surface area contributed by atoms with E-state index in [0.717, 1.165) is 4.57 Å². The van der Waals surface area contributed by atoms with Gasteiger partial charge in [-0.3, -0.25) is 4.57 Å². The molecule has 0 unspecified atom stereocenters. The van der Waals surface area contributed by atoms with E-state index in [2.05, 4.69) is 4.98 Å². The highest BCUT2D eigenvalue weighted by Crippen LogP contribution is 2.26. The summed E-state index contributed by atoms with van der Waals surface area (Å²) in [7, 11) is 0. The van der Waals surface area contributed by atoms with E-state index in [-0.39, 0.29) is 12.4 Å². The molecule has 17 heavy (non-hydrogen) atoms. The molecule has 1 aromatic heterocycles. The Balaban J connectivity index is 2.32. The summed E-state index contributed by atoms with van der Waals surface area (Å²) in [5, 5.41) is 18.6. The van der Waals surface area contributed by atoms with Crippen molar-refractivity contribution in [3.8, 4) is 0 Å². The fraction of sp³-hybridized carbons (Fsp3) is 0.556. The molecule has 1 saturated heterocycles. The molecule has 1 aromatic rings. The van der Waals surface area contributed by atoms with Crippen LogP contribution in [0.3, 0.4) is 0 Å². The molecule has 94 valence electrons. The first-order valence-electron chi connectivity index (χ1n) is 5.09. The van der Waals surface area contributed by atoms with Gasteiger partial charge in [0, 0.05) is 6.20 Å². The second kappa shape index (κ2) is 4.41. The van der Waals surface area contributed by atoms with Crippen LogP contribution in [0, 0.1) is 0 Å². The van der Waals surface area contributed by atoms with Gasteiger partial charge in [0.05, 0.1) is 12.6 Å². The number of nitrogen functional groups attached to an aromatic ring is 1. The number of rotatable bonds is 2. The van der Waals surface area contributed by atoms with Gasteiger partial charge in [-0.25, -0.2) is 4.79 Å². The molecule has 0 amide bonds. The van der Waals surface area contributed by atoms with Crippen LogP contribution >= 0.6 is 0 Å². The number of anilines is 1. The SMILES string of the molecule is Nc1ccn([C@@H]2O[C@H](CO)[C@@H](O)[C@@H]2N)c(=O)n1. The number of ether oxygens (including phenoxy) is 1. The number of aromatic nitrogens is 2. The first-order valence-corrected chi connectivity index (χ1v) is 5.09. The van der Waals surface area contributed by atoms with Gasteiger partial charge in [-0.1, -0.05) is 0 Å². The van der Waals surface area contributed by atoms with Crippen LogP contribution in [0.25, 0.3) is 0 Å². The van der Waals surface area contributed by atoms with E-state index in [1.807, 2.05) is 0 Å². The lowest BCUT2D eigenvalue weighted by molar-refractivity contribution is -0.0464. The van der Waals surface area contributed by atoms with Crippen LogP contribution in [0.15, 0.2) is 17.1 Å². The van der Waals surface area contributed by atoms with Crippen molar-refractivity contribution in [3.05, 3.63) is 22.7 Å². The molecule has 2 rings (SSSR count). The number of nitrogens with zero attached hydrogens (tertiary/aromatic N) is 2. The number of hydrogen-bond acceptors (Lipinski definition) is 7. The van der Waals surface area contributed by atoms with E-state index in [1.54, 1.807) is 0 Å². The minimum absolute atomic E-state index is 0.0945. The summed E-state index contributed by atoms with van der Waals surface area (Å²) in [6, 6.07) is 0.617. The predicted molar refractivity (Wildman–Crippen MR) is 57.9 cm³/mol. The summed E-state index contributed by atoms with van der Waals surface area (Å²) in [5.74, 6) is 0.0945. The molecular formula is C9H14N4O4. The van der Waals surface area contributed by atoms with Crippen LogP contribution in [-0.4, -0.2) is 44.6 Å². The molecule has 0 saturated carbocycles. The lowest BCUT2D eigenvalue weighted by Crippen LogP contribution is -2.42. The van der Waals surface area contributed by atoms with Gasteiger partial charge in [0.25, 0.3) is 0 Å². The maximum Gasteiger partial charge on any atom is 0.351 e. The molecule has 1 fully saturated rings. The zero-order valence-corrected chi connectivity index (χ0v) is 8.93. The third kappa shape index (κ3) is 2.03. The van der Waals surface area contributed by atoms with E-state index in [9.17, 15) is 9.90 Å². The number of hydrogen-bond donors (Lipinski definition) is 4. The van der Waals surface area contributed by atoms with Gasteiger partial charge < -0.3 is 26.4 Å². The van der Waals surface area contributed by atoms with E-state index in [1.165, 1.54) is 12.3 Å². The summed E-state index contributed by atoms with van der Waals surface area (Å²) in [5.41, 5.74) is 10.5. The third-order valence-corrected chi connectivity index (χ3v) is 2.72. The third-order valence-electron chi connectivity index (χ3n) is 2.72. The van der Waals surface area contributed by atoms with Gasteiger partial charge in [0.2, 0.25) is 0 Å². The Kier molecular flexibility index (Phi) is 3.11. The number of nitrogens with two attached hydrogens (primary N) is 2. The highest BCUT2D eigenvalue weighted by Gasteiger charge is 2.42. The van der Waals surface area contributed by atoms with Crippen molar-refractivity contribution in [1.29, 1.82) is 0 Å². The van der Waals surface area contributed by atoms with Crippen LogP contribution < -0.4 is 17.2 Å². The van der Waals surface area contributed by atoms with Crippen LogP contribution in [0.2, 0.25) is 0 Å². The maximum atomic E-state index is 11.6. The van der Waals surface area contributed by atoms with Gasteiger partial charge in [0.1, 0.15) is 18.0 Å². The Morgan fingerprint density at radius 2 is 2.29 bits per heavy atom. The number of aliphatic hydroxyl groups excluding tert-OH is 2. The van der Waals surface area contributed by atoms with Crippen molar-refractivity contribution < 1.29 is 14.9 Å². The summed E-state index contributed by atoms with van der Waals surface area (Å²) < 4.78 is 6.44. The van der Waals surface area contributed by atoms with Crippen molar-refractivity contribution in [1.82, 2.24) is 9.55 Å². The van der Waals surface area contributed by atoms with Crippen molar-refractivity contribution in [2.75, 3.05) is 12.3 Å². The second-order valence-electron chi connectivity index (χ2n) is 3.86. The second-order valence-corrected chi connectivity index (χ2v) is 3.86. The number of aliphatic hydroxyl groups is 2. The standard InChI is InChI=1S/C9H14N4O4/c10-5-1-2-13(9(16)12-5)8-6(11)7(15)4(3-14)17-8/h1-2,4,6-8,14-15H,3,11H2,(H2,10,12,16)/t4-,6+,7-,8-/m1/s1. The van der Waals surface area contributed by atoms with E-state index < -0.39 is 30.2 Å². The first-order chi connectivity index (χ1) is 8.04. The van der Waals surface area contributed by atoms with E-state index in [0.29, 0.717) is 0 Å². The van der Waals surface area contributed by atoms with E-state index >= 15 is 0 Å². The predicted octanol–water partition coefficient (Wildman–Crippen LogP) is -2.60. The fourth-order valence-electron chi connectivity index (χ4n) is 1.79. The molecule has 2 heterocycles. The monoisotopic (exact) mass is 242 g/mol. The lowest BCUT2D eigenvalue weighted by atomic mass is 10.1. The normalized spacial score (nSPS) is 32.9. The Bertz CT molecular complexity index is 463. The van der Waals surface area contributed by atoms with Crippen LogP contribution in [0.4, 0.5) is 5.82 Å². The van der Waals surface area contributed by atoms with Gasteiger partial charge in [-0.05, 0) is 6.07 Å². The molecule has 0 radical (unpaired) electrons. The molecule has 0 aromatic carbocycles. The Morgan fingerprint density at radius 3 is 2.82 bits per heavy atom. The lowest BCUT2D eigenvalue weighted by Gasteiger charge is -2.17. The summed E-state index contributed by atoms with van der Waals surface area (Å²) in [6.45, 7) is -0.373. The quantitative estimate of drug-likeness (QED) is 0.446. The Morgan fingerprint density at radius 1 is 1.59 bits per heavy atom.